The number of carbonyl (C=O) groups is 3. The van der Waals surface area contributed by atoms with Crippen molar-refractivity contribution in [1.29, 1.82) is 0 Å². The molecule has 0 spiro atoms. The first-order valence-electron chi connectivity index (χ1n) is 11.6. The van der Waals surface area contributed by atoms with Crippen LogP contribution in [0.2, 0.25) is 5.02 Å². The van der Waals surface area contributed by atoms with Gasteiger partial charge in [-0.3, -0.25) is 14.9 Å². The number of ether oxygens (including phenoxy) is 1. The van der Waals surface area contributed by atoms with Crippen LogP contribution in [0.4, 0.5) is 29.5 Å². The molecule has 1 aliphatic heterocycles. The van der Waals surface area contributed by atoms with Crippen LogP contribution in [0.15, 0.2) is 30.5 Å². The number of likely N-dealkylation sites (tertiary alicyclic amines) is 1. The van der Waals surface area contributed by atoms with Crippen molar-refractivity contribution in [1.82, 2.24) is 9.88 Å². The van der Waals surface area contributed by atoms with E-state index in [1.165, 1.54) is 23.2 Å². The second-order valence-electron chi connectivity index (χ2n) is 9.75. The van der Waals surface area contributed by atoms with Gasteiger partial charge < -0.3 is 15.0 Å². The van der Waals surface area contributed by atoms with Crippen LogP contribution in [-0.4, -0.2) is 39.9 Å². The molecular weight excluding hydrogens is 513 g/mol. The minimum absolute atomic E-state index is 0.103. The number of carbonyl (C=O) groups excluding carboxylic acids is 3. The van der Waals surface area contributed by atoms with Gasteiger partial charge >= 0.3 is 24.1 Å². The smallest absolute Gasteiger partial charge is 0.416 e. The summed E-state index contributed by atoms with van der Waals surface area (Å²) in [5, 5.41) is 4.89. The molecule has 200 valence electrons. The van der Waals surface area contributed by atoms with Crippen LogP contribution in [-0.2, 0) is 20.5 Å². The predicted octanol–water partition coefficient (Wildman–Crippen LogP) is 6.10. The van der Waals surface area contributed by atoms with E-state index in [2.05, 4.69) is 15.6 Å². The van der Waals surface area contributed by atoms with Crippen molar-refractivity contribution in [2.45, 2.75) is 64.8 Å². The summed E-state index contributed by atoms with van der Waals surface area (Å²) in [6.07, 6.45) is -2.35. The first kappa shape index (κ1) is 28.2. The number of halogens is 4. The molecule has 1 fully saturated rings. The van der Waals surface area contributed by atoms with Gasteiger partial charge in [-0.25, -0.2) is 9.78 Å². The fourth-order valence-electron chi connectivity index (χ4n) is 3.98. The van der Waals surface area contributed by atoms with Gasteiger partial charge in [-0.1, -0.05) is 11.6 Å². The Labute approximate surface area is 217 Å². The maximum Gasteiger partial charge on any atom is 0.416 e. The molecule has 1 aromatic heterocycles. The van der Waals surface area contributed by atoms with Crippen molar-refractivity contribution in [3.05, 3.63) is 52.2 Å². The number of pyridine rings is 1. The molecule has 0 saturated carbocycles. The third-order valence-electron chi connectivity index (χ3n) is 5.55. The summed E-state index contributed by atoms with van der Waals surface area (Å²) in [7, 11) is 0. The molecule has 1 aliphatic rings. The van der Waals surface area contributed by atoms with E-state index in [0.717, 1.165) is 12.1 Å². The highest BCUT2D eigenvalue weighted by molar-refractivity contribution is 6.39. The normalized spacial score (nSPS) is 16.2. The van der Waals surface area contributed by atoms with Crippen molar-refractivity contribution in [2.24, 2.45) is 0 Å². The standard InChI is InChI=1S/C25H28ClF3N4O4/c1-14-9-18(13-30-20(14)32-23(36)37-24(2,3)4)31-21(34)22(35)33-8-6-5-7-19(33)15-10-16(25(27,28)29)12-17(26)11-15/h9-13,19H,5-8H2,1-4H3,(H,31,34)(H,30,32,36)/t19-/m0/s1. The lowest BCUT2D eigenvalue weighted by atomic mass is 9.93. The molecule has 0 radical (unpaired) electrons. The molecular formula is C25H28ClF3N4O4. The molecule has 2 N–H and O–H groups in total. The van der Waals surface area contributed by atoms with E-state index in [0.29, 0.717) is 24.8 Å². The van der Waals surface area contributed by atoms with Crippen LogP contribution in [0.25, 0.3) is 0 Å². The topological polar surface area (TPSA) is 101 Å². The molecule has 1 aromatic carbocycles. The molecule has 0 aliphatic carbocycles. The van der Waals surface area contributed by atoms with Crippen LogP contribution in [0.3, 0.4) is 0 Å². The van der Waals surface area contributed by atoms with Gasteiger partial charge in [-0.2, -0.15) is 13.2 Å². The predicted molar refractivity (Wildman–Crippen MR) is 132 cm³/mol. The summed E-state index contributed by atoms with van der Waals surface area (Å²) in [6.45, 7) is 7.01. The SMILES string of the molecule is Cc1cc(NC(=O)C(=O)N2CCCC[C@H]2c2cc(Cl)cc(C(F)(F)F)c2)cnc1NC(=O)OC(C)(C)C. The molecule has 1 saturated heterocycles. The number of benzene rings is 1. The first-order chi connectivity index (χ1) is 17.1. The van der Waals surface area contributed by atoms with Gasteiger partial charge in [0.2, 0.25) is 0 Å². The summed E-state index contributed by atoms with van der Waals surface area (Å²) in [4.78, 5) is 43.2. The van der Waals surface area contributed by atoms with Gasteiger partial charge in [-0.05, 0) is 82.3 Å². The Morgan fingerprint density at radius 2 is 1.78 bits per heavy atom. The fraction of sp³-hybridized carbons (Fsp3) is 0.440. The van der Waals surface area contributed by atoms with Crippen molar-refractivity contribution < 1.29 is 32.3 Å². The minimum atomic E-state index is -4.60. The summed E-state index contributed by atoms with van der Waals surface area (Å²) >= 11 is 5.94. The summed E-state index contributed by atoms with van der Waals surface area (Å²) < 4.78 is 45.1. The number of alkyl halides is 3. The van der Waals surface area contributed by atoms with Gasteiger partial charge in [0.1, 0.15) is 11.4 Å². The third-order valence-corrected chi connectivity index (χ3v) is 5.76. The number of amides is 3. The van der Waals surface area contributed by atoms with Crippen LogP contribution in [0, 0.1) is 6.92 Å². The maximum atomic E-state index is 13.3. The number of nitrogens with one attached hydrogen (secondary N) is 2. The van der Waals surface area contributed by atoms with Gasteiger partial charge in [0.25, 0.3) is 0 Å². The molecule has 2 aromatic rings. The number of rotatable bonds is 3. The number of hydrogen-bond acceptors (Lipinski definition) is 5. The lowest BCUT2D eigenvalue weighted by Crippen LogP contribution is -2.44. The van der Waals surface area contributed by atoms with Crippen molar-refractivity contribution in [3.63, 3.8) is 0 Å². The van der Waals surface area contributed by atoms with Crippen molar-refractivity contribution >= 4 is 41.0 Å². The maximum absolute atomic E-state index is 13.3. The van der Waals surface area contributed by atoms with Gasteiger partial charge in [0.15, 0.2) is 0 Å². The van der Waals surface area contributed by atoms with Crippen molar-refractivity contribution in [2.75, 3.05) is 17.2 Å². The van der Waals surface area contributed by atoms with Crippen LogP contribution in [0.1, 0.15) is 62.8 Å². The molecule has 37 heavy (non-hydrogen) atoms. The van der Waals surface area contributed by atoms with E-state index in [1.54, 1.807) is 27.7 Å². The minimum Gasteiger partial charge on any atom is -0.444 e. The van der Waals surface area contributed by atoms with E-state index in [9.17, 15) is 27.6 Å². The second-order valence-corrected chi connectivity index (χ2v) is 10.2. The van der Waals surface area contributed by atoms with Gasteiger partial charge in [0.05, 0.1) is 23.5 Å². The summed E-state index contributed by atoms with van der Waals surface area (Å²) in [5.74, 6) is -1.62. The van der Waals surface area contributed by atoms with Crippen LogP contribution < -0.4 is 10.6 Å². The third kappa shape index (κ3) is 7.58. The molecule has 3 rings (SSSR count). The average molecular weight is 541 g/mol. The Morgan fingerprint density at radius 1 is 1.08 bits per heavy atom. The molecule has 3 amide bonds. The molecule has 0 bridgehead atoms. The lowest BCUT2D eigenvalue weighted by Gasteiger charge is -2.36. The highest BCUT2D eigenvalue weighted by Crippen LogP contribution is 2.37. The first-order valence-corrected chi connectivity index (χ1v) is 12.0. The average Bonchev–Trinajstić information content (AvgIpc) is 2.78. The largest absolute Gasteiger partial charge is 0.444 e. The lowest BCUT2D eigenvalue weighted by molar-refractivity contribution is -0.145. The number of aryl methyl sites for hydroxylation is 1. The zero-order valence-corrected chi connectivity index (χ0v) is 21.6. The van der Waals surface area contributed by atoms with Crippen molar-refractivity contribution in [3.8, 4) is 0 Å². The Morgan fingerprint density at radius 3 is 2.41 bits per heavy atom. The zero-order chi connectivity index (χ0) is 27.5. The van der Waals surface area contributed by atoms with Crippen LogP contribution in [0.5, 0.6) is 0 Å². The van der Waals surface area contributed by atoms with E-state index in [-0.39, 0.29) is 28.6 Å². The monoisotopic (exact) mass is 540 g/mol. The highest BCUT2D eigenvalue weighted by Gasteiger charge is 2.35. The van der Waals surface area contributed by atoms with E-state index in [4.69, 9.17) is 16.3 Å². The number of nitrogens with zero attached hydrogens (tertiary/aromatic N) is 2. The molecule has 8 nitrogen and oxygen atoms in total. The van der Waals surface area contributed by atoms with Gasteiger partial charge in [-0.15, -0.1) is 0 Å². The molecule has 12 heteroatoms. The van der Waals surface area contributed by atoms with E-state index >= 15 is 0 Å². The fourth-order valence-corrected chi connectivity index (χ4v) is 4.22. The molecule has 1 atom stereocenters. The number of anilines is 2. The number of aromatic nitrogens is 1. The van der Waals surface area contributed by atoms with E-state index < -0.39 is 41.3 Å². The Hall–Kier alpha value is -3.34. The highest BCUT2D eigenvalue weighted by atomic mass is 35.5. The molecule has 0 unspecified atom stereocenters. The number of hydrogen-bond donors (Lipinski definition) is 2. The zero-order valence-electron chi connectivity index (χ0n) is 20.8. The Kier molecular flexibility index (Phi) is 8.36. The summed E-state index contributed by atoms with van der Waals surface area (Å²) in [5.41, 5.74) is -0.681. The summed E-state index contributed by atoms with van der Waals surface area (Å²) in [6, 6.07) is 3.96. The number of piperidine rings is 1. The molecule has 2 heterocycles. The Balaban J connectivity index is 1.74. The van der Waals surface area contributed by atoms with Crippen LogP contribution >= 0.6 is 11.6 Å². The Bertz CT molecular complexity index is 1200. The van der Waals surface area contributed by atoms with Gasteiger partial charge in [0, 0.05) is 11.6 Å². The second kappa shape index (κ2) is 11.0. The van der Waals surface area contributed by atoms with E-state index in [1.807, 2.05) is 0 Å². The quantitative estimate of drug-likeness (QED) is 0.458.